The number of benzene rings is 1. The van der Waals surface area contributed by atoms with E-state index in [-0.39, 0.29) is 0 Å². The average Bonchev–Trinajstić information content (AvgIpc) is 2.73. The van der Waals surface area contributed by atoms with E-state index < -0.39 is 4.94 Å². The van der Waals surface area contributed by atoms with Gasteiger partial charge in [-0.15, -0.1) is 4.37 Å². The third-order valence-corrected chi connectivity index (χ3v) is 2.44. The fourth-order valence-electron chi connectivity index (χ4n) is 1.15. The topological polar surface area (TPSA) is 52.3 Å². The molecule has 5 heteroatoms. The first-order chi connectivity index (χ1) is 7.78. The molecule has 0 unspecified atom stereocenters. The second-order valence-corrected chi connectivity index (χ2v) is 3.68. The number of aromatic nitrogens is 1. The number of ether oxygens (including phenoxy) is 1. The SMILES string of the molecule is COc1ccc(/C=C/c2nsc(=O)o2)cc1. The van der Waals surface area contributed by atoms with Crippen molar-refractivity contribution < 1.29 is 9.15 Å². The first-order valence-electron chi connectivity index (χ1n) is 4.57. The largest absolute Gasteiger partial charge is 0.497 e. The minimum Gasteiger partial charge on any atom is -0.497 e. The fraction of sp³-hybridized carbons (Fsp3) is 0.0909. The smallest absolute Gasteiger partial charge is 0.414 e. The maximum Gasteiger partial charge on any atom is 0.414 e. The first kappa shape index (κ1) is 10.6. The van der Waals surface area contributed by atoms with Crippen LogP contribution < -0.4 is 9.68 Å². The number of hydrogen-bond acceptors (Lipinski definition) is 5. The molecule has 0 atom stereocenters. The summed E-state index contributed by atoms with van der Waals surface area (Å²) in [5.41, 5.74) is 0.983. The molecule has 2 rings (SSSR count). The molecule has 0 N–H and O–H groups in total. The fourth-order valence-corrected chi connectivity index (χ4v) is 1.54. The van der Waals surface area contributed by atoms with Crippen LogP contribution in [0.1, 0.15) is 11.5 Å². The normalized spacial score (nSPS) is 10.8. The van der Waals surface area contributed by atoms with Gasteiger partial charge in [0.15, 0.2) is 0 Å². The Morgan fingerprint density at radius 3 is 2.62 bits per heavy atom. The van der Waals surface area contributed by atoms with Gasteiger partial charge in [-0.1, -0.05) is 12.1 Å². The van der Waals surface area contributed by atoms with E-state index in [1.165, 1.54) is 0 Å². The van der Waals surface area contributed by atoms with Crippen molar-refractivity contribution in [2.75, 3.05) is 7.11 Å². The van der Waals surface area contributed by atoms with Gasteiger partial charge in [-0.25, -0.2) is 4.79 Å². The molecule has 0 bridgehead atoms. The van der Waals surface area contributed by atoms with E-state index in [0.717, 1.165) is 22.8 Å². The third kappa shape index (κ3) is 2.58. The molecule has 1 heterocycles. The Kier molecular flexibility index (Phi) is 3.16. The lowest BCUT2D eigenvalue weighted by Crippen LogP contribution is -1.82. The van der Waals surface area contributed by atoms with Crippen LogP contribution >= 0.6 is 11.5 Å². The van der Waals surface area contributed by atoms with Gasteiger partial charge < -0.3 is 9.15 Å². The Morgan fingerprint density at radius 2 is 2.06 bits per heavy atom. The van der Waals surface area contributed by atoms with Crippen LogP contribution in [0, 0.1) is 0 Å². The molecule has 82 valence electrons. The molecule has 0 aliphatic carbocycles. The molecule has 1 aromatic carbocycles. The summed E-state index contributed by atoms with van der Waals surface area (Å²) in [5, 5.41) is 0. The Labute approximate surface area is 96.0 Å². The number of rotatable bonds is 3. The molecule has 0 saturated heterocycles. The van der Waals surface area contributed by atoms with E-state index in [4.69, 9.17) is 9.15 Å². The first-order valence-corrected chi connectivity index (χ1v) is 5.34. The van der Waals surface area contributed by atoms with Gasteiger partial charge in [0.05, 0.1) is 18.6 Å². The molecule has 0 saturated carbocycles. The minimum absolute atomic E-state index is 0.325. The van der Waals surface area contributed by atoms with Gasteiger partial charge in [-0.3, -0.25) is 0 Å². The Hall–Kier alpha value is -1.88. The highest BCUT2D eigenvalue weighted by Gasteiger charge is 1.96. The summed E-state index contributed by atoms with van der Waals surface area (Å²) < 4.78 is 13.6. The van der Waals surface area contributed by atoms with E-state index in [1.807, 2.05) is 30.3 Å². The summed E-state index contributed by atoms with van der Waals surface area (Å²) in [6.07, 6.45) is 3.47. The molecule has 0 radical (unpaired) electrons. The molecule has 4 nitrogen and oxygen atoms in total. The second-order valence-electron chi connectivity index (χ2n) is 2.98. The molecule has 2 aromatic rings. The Bertz CT molecular complexity index is 539. The molecular weight excluding hydrogens is 226 g/mol. The highest BCUT2D eigenvalue weighted by atomic mass is 32.1. The van der Waals surface area contributed by atoms with Crippen LogP contribution in [0.15, 0.2) is 33.5 Å². The molecule has 1 aromatic heterocycles. The zero-order valence-corrected chi connectivity index (χ0v) is 9.36. The van der Waals surface area contributed by atoms with Gasteiger partial charge in [0.2, 0.25) is 5.89 Å². The van der Waals surface area contributed by atoms with Gasteiger partial charge in [0.25, 0.3) is 0 Å². The van der Waals surface area contributed by atoms with Crippen molar-refractivity contribution in [3.8, 4) is 5.75 Å². The van der Waals surface area contributed by atoms with Gasteiger partial charge >= 0.3 is 4.94 Å². The third-order valence-electron chi connectivity index (χ3n) is 1.93. The van der Waals surface area contributed by atoms with E-state index in [0.29, 0.717) is 5.89 Å². The summed E-state index contributed by atoms with van der Waals surface area (Å²) in [4.78, 5) is 10.3. The maximum absolute atomic E-state index is 10.7. The summed E-state index contributed by atoms with van der Waals surface area (Å²) in [7, 11) is 1.62. The van der Waals surface area contributed by atoms with Crippen molar-refractivity contribution in [2.45, 2.75) is 0 Å². The van der Waals surface area contributed by atoms with Crippen molar-refractivity contribution in [2.24, 2.45) is 0 Å². The van der Waals surface area contributed by atoms with Crippen molar-refractivity contribution in [3.63, 3.8) is 0 Å². The van der Waals surface area contributed by atoms with Crippen molar-refractivity contribution in [1.82, 2.24) is 4.37 Å². The molecule has 0 aliphatic rings. The summed E-state index contributed by atoms with van der Waals surface area (Å²) in [6.45, 7) is 0. The quantitative estimate of drug-likeness (QED) is 0.819. The van der Waals surface area contributed by atoms with Gasteiger partial charge in [0, 0.05) is 6.08 Å². The highest BCUT2D eigenvalue weighted by molar-refractivity contribution is 7.02. The number of nitrogens with zero attached hydrogens (tertiary/aromatic N) is 1. The number of hydrogen-bond donors (Lipinski definition) is 0. The lowest BCUT2D eigenvalue weighted by molar-refractivity contribution is 0.415. The molecular formula is C11H9NO3S. The lowest BCUT2D eigenvalue weighted by atomic mass is 10.2. The lowest BCUT2D eigenvalue weighted by Gasteiger charge is -1.98. The number of methoxy groups -OCH3 is 1. The van der Waals surface area contributed by atoms with Crippen LogP contribution in [0.4, 0.5) is 0 Å². The van der Waals surface area contributed by atoms with Crippen LogP contribution in [-0.4, -0.2) is 11.5 Å². The minimum atomic E-state index is -0.394. The van der Waals surface area contributed by atoms with Crippen molar-refractivity contribution in [3.05, 3.63) is 45.5 Å². The summed E-state index contributed by atoms with van der Waals surface area (Å²) in [5.74, 6) is 1.13. The standard InChI is InChI=1S/C11H9NO3S/c1-14-9-5-2-8(3-6-9)4-7-10-12-16-11(13)15-10/h2-7H,1H3/b7-4+. The molecule has 0 spiro atoms. The van der Waals surface area contributed by atoms with Crippen LogP contribution in [0.5, 0.6) is 5.75 Å². The molecule has 0 fully saturated rings. The molecule has 0 amide bonds. The monoisotopic (exact) mass is 235 g/mol. The van der Waals surface area contributed by atoms with Gasteiger partial charge in [0.1, 0.15) is 5.75 Å². The predicted molar refractivity (Wildman–Crippen MR) is 62.6 cm³/mol. The predicted octanol–water partition coefficient (Wildman–Crippen LogP) is 2.28. The highest BCUT2D eigenvalue weighted by Crippen LogP contribution is 2.13. The maximum atomic E-state index is 10.7. The molecule has 16 heavy (non-hydrogen) atoms. The van der Waals surface area contributed by atoms with E-state index in [2.05, 4.69) is 4.37 Å². The summed E-state index contributed by atoms with van der Waals surface area (Å²) >= 11 is 0.802. The molecule has 0 aliphatic heterocycles. The van der Waals surface area contributed by atoms with E-state index in [9.17, 15) is 4.79 Å². The van der Waals surface area contributed by atoms with Crippen molar-refractivity contribution in [1.29, 1.82) is 0 Å². The Balaban J connectivity index is 2.14. The zero-order valence-electron chi connectivity index (χ0n) is 8.54. The van der Waals surface area contributed by atoms with Crippen LogP contribution in [0.2, 0.25) is 0 Å². The second kappa shape index (κ2) is 4.76. The summed E-state index contributed by atoms with van der Waals surface area (Å²) in [6, 6.07) is 7.52. The van der Waals surface area contributed by atoms with Gasteiger partial charge in [-0.05, 0) is 23.8 Å². The average molecular weight is 235 g/mol. The van der Waals surface area contributed by atoms with E-state index >= 15 is 0 Å². The van der Waals surface area contributed by atoms with Crippen LogP contribution in [0.25, 0.3) is 12.2 Å². The van der Waals surface area contributed by atoms with Gasteiger partial charge in [-0.2, -0.15) is 0 Å². The van der Waals surface area contributed by atoms with Crippen LogP contribution in [-0.2, 0) is 0 Å². The zero-order chi connectivity index (χ0) is 11.4. The Morgan fingerprint density at radius 1 is 1.31 bits per heavy atom. The van der Waals surface area contributed by atoms with Crippen LogP contribution in [0.3, 0.4) is 0 Å². The van der Waals surface area contributed by atoms with Crippen molar-refractivity contribution >= 4 is 23.7 Å². The van der Waals surface area contributed by atoms with E-state index in [1.54, 1.807) is 13.2 Å².